The number of aliphatic hydroxyl groups is 1. The largest absolute Gasteiger partial charge is 0.491 e. The van der Waals surface area contributed by atoms with Crippen molar-refractivity contribution in [2.24, 2.45) is 5.92 Å². The Kier molecular flexibility index (Phi) is 7.29. The first-order chi connectivity index (χ1) is 11.5. The maximum absolute atomic E-state index is 10.3. The SMILES string of the molecule is Cc1ccc(CN(CC(C)C)C[C@@H](O)COc2ccccc2)cc1. The van der Waals surface area contributed by atoms with Crippen LogP contribution in [0.5, 0.6) is 5.75 Å². The molecule has 0 unspecified atom stereocenters. The molecule has 0 saturated carbocycles. The summed E-state index contributed by atoms with van der Waals surface area (Å²) in [5, 5.41) is 10.3. The molecule has 3 heteroatoms. The van der Waals surface area contributed by atoms with Gasteiger partial charge >= 0.3 is 0 Å². The highest BCUT2D eigenvalue weighted by Gasteiger charge is 2.14. The molecule has 2 rings (SSSR count). The molecule has 1 atom stereocenters. The maximum atomic E-state index is 10.3. The average Bonchev–Trinajstić information content (AvgIpc) is 2.55. The Labute approximate surface area is 145 Å². The Balaban J connectivity index is 1.88. The summed E-state index contributed by atoms with van der Waals surface area (Å²) in [5.74, 6) is 1.35. The van der Waals surface area contributed by atoms with Crippen LogP contribution in [0.3, 0.4) is 0 Å². The van der Waals surface area contributed by atoms with Crippen molar-refractivity contribution in [2.75, 3.05) is 19.7 Å². The Bertz CT molecular complexity index is 581. The van der Waals surface area contributed by atoms with E-state index in [9.17, 15) is 5.11 Å². The van der Waals surface area contributed by atoms with Crippen LogP contribution in [-0.4, -0.2) is 35.8 Å². The summed E-state index contributed by atoms with van der Waals surface area (Å²) in [6, 6.07) is 18.2. The molecular weight excluding hydrogens is 298 g/mol. The van der Waals surface area contributed by atoms with E-state index < -0.39 is 6.10 Å². The minimum absolute atomic E-state index is 0.312. The molecule has 130 valence electrons. The van der Waals surface area contributed by atoms with Crippen molar-refractivity contribution < 1.29 is 9.84 Å². The number of aryl methyl sites for hydroxylation is 1. The number of hydrogen-bond donors (Lipinski definition) is 1. The minimum Gasteiger partial charge on any atom is -0.491 e. The van der Waals surface area contributed by atoms with Gasteiger partial charge in [0, 0.05) is 19.6 Å². The van der Waals surface area contributed by atoms with Crippen LogP contribution in [0.4, 0.5) is 0 Å². The zero-order chi connectivity index (χ0) is 17.4. The maximum Gasteiger partial charge on any atom is 0.119 e. The second-order valence-electron chi connectivity index (χ2n) is 6.85. The lowest BCUT2D eigenvalue weighted by Gasteiger charge is -2.27. The fourth-order valence-electron chi connectivity index (χ4n) is 2.73. The van der Waals surface area contributed by atoms with Crippen molar-refractivity contribution in [3.05, 3.63) is 65.7 Å². The van der Waals surface area contributed by atoms with Crippen molar-refractivity contribution >= 4 is 0 Å². The molecule has 1 N–H and O–H groups in total. The van der Waals surface area contributed by atoms with E-state index in [1.807, 2.05) is 30.3 Å². The molecule has 0 aliphatic rings. The third-order valence-corrected chi connectivity index (χ3v) is 3.80. The van der Waals surface area contributed by atoms with Crippen molar-refractivity contribution in [3.8, 4) is 5.75 Å². The van der Waals surface area contributed by atoms with E-state index in [4.69, 9.17) is 4.74 Å². The summed E-state index contributed by atoms with van der Waals surface area (Å²) in [4.78, 5) is 2.30. The lowest BCUT2D eigenvalue weighted by atomic mass is 10.1. The van der Waals surface area contributed by atoms with Crippen molar-refractivity contribution in [1.82, 2.24) is 4.90 Å². The van der Waals surface area contributed by atoms with Gasteiger partial charge in [-0.15, -0.1) is 0 Å². The van der Waals surface area contributed by atoms with Gasteiger partial charge in [0.25, 0.3) is 0 Å². The number of aliphatic hydroxyl groups excluding tert-OH is 1. The molecule has 0 spiro atoms. The number of ether oxygens (including phenoxy) is 1. The zero-order valence-corrected chi connectivity index (χ0v) is 15.0. The summed E-state index contributed by atoms with van der Waals surface area (Å²) < 4.78 is 5.66. The Morgan fingerprint density at radius 3 is 2.25 bits per heavy atom. The molecular formula is C21H29NO2. The van der Waals surface area contributed by atoms with Gasteiger partial charge in [-0.05, 0) is 30.5 Å². The number of hydrogen-bond acceptors (Lipinski definition) is 3. The molecule has 0 heterocycles. The van der Waals surface area contributed by atoms with Crippen LogP contribution < -0.4 is 4.74 Å². The molecule has 2 aromatic carbocycles. The van der Waals surface area contributed by atoms with E-state index in [1.54, 1.807) is 0 Å². The van der Waals surface area contributed by atoms with Crippen LogP contribution in [0.2, 0.25) is 0 Å². The highest BCUT2D eigenvalue weighted by atomic mass is 16.5. The molecule has 0 aromatic heterocycles. The van der Waals surface area contributed by atoms with Crippen LogP contribution >= 0.6 is 0 Å². The zero-order valence-electron chi connectivity index (χ0n) is 15.0. The van der Waals surface area contributed by atoms with E-state index >= 15 is 0 Å². The third kappa shape index (κ3) is 6.73. The van der Waals surface area contributed by atoms with E-state index in [2.05, 4.69) is 49.9 Å². The van der Waals surface area contributed by atoms with Crippen molar-refractivity contribution in [3.63, 3.8) is 0 Å². The van der Waals surface area contributed by atoms with Gasteiger partial charge in [0.2, 0.25) is 0 Å². The first-order valence-electron chi connectivity index (χ1n) is 8.66. The van der Waals surface area contributed by atoms with Gasteiger partial charge in [0.05, 0.1) is 0 Å². The monoisotopic (exact) mass is 327 g/mol. The normalized spacial score (nSPS) is 12.6. The number of para-hydroxylation sites is 1. The molecule has 0 aliphatic carbocycles. The highest BCUT2D eigenvalue weighted by Crippen LogP contribution is 2.12. The highest BCUT2D eigenvalue weighted by molar-refractivity contribution is 5.22. The summed E-state index contributed by atoms with van der Waals surface area (Å²) in [5.41, 5.74) is 2.54. The summed E-state index contributed by atoms with van der Waals surface area (Å²) in [6.07, 6.45) is -0.505. The van der Waals surface area contributed by atoms with Gasteiger partial charge in [-0.2, -0.15) is 0 Å². The van der Waals surface area contributed by atoms with Crippen molar-refractivity contribution in [1.29, 1.82) is 0 Å². The molecule has 2 aromatic rings. The summed E-state index contributed by atoms with van der Waals surface area (Å²) in [7, 11) is 0. The van der Waals surface area contributed by atoms with Crippen LogP contribution in [0.1, 0.15) is 25.0 Å². The van der Waals surface area contributed by atoms with Gasteiger partial charge in [-0.25, -0.2) is 0 Å². The van der Waals surface area contributed by atoms with Crippen LogP contribution in [0, 0.1) is 12.8 Å². The van der Waals surface area contributed by atoms with Gasteiger partial charge < -0.3 is 9.84 Å². The lowest BCUT2D eigenvalue weighted by molar-refractivity contribution is 0.0615. The van der Waals surface area contributed by atoms with Gasteiger partial charge in [0.1, 0.15) is 18.5 Å². The molecule has 0 radical (unpaired) electrons. The molecule has 0 amide bonds. The first kappa shape index (κ1) is 18.5. The molecule has 3 nitrogen and oxygen atoms in total. The molecule has 0 saturated heterocycles. The predicted molar refractivity (Wildman–Crippen MR) is 99.2 cm³/mol. The fraction of sp³-hybridized carbons (Fsp3) is 0.429. The topological polar surface area (TPSA) is 32.7 Å². The predicted octanol–water partition coefficient (Wildman–Crippen LogP) is 3.89. The lowest BCUT2D eigenvalue weighted by Crippen LogP contribution is -2.37. The minimum atomic E-state index is -0.505. The van der Waals surface area contributed by atoms with E-state index in [0.29, 0.717) is 19.1 Å². The molecule has 0 aliphatic heterocycles. The average molecular weight is 327 g/mol. The summed E-state index contributed by atoms with van der Waals surface area (Å²) >= 11 is 0. The second kappa shape index (κ2) is 9.45. The van der Waals surface area contributed by atoms with Gasteiger partial charge in [-0.1, -0.05) is 61.9 Å². The molecule has 0 fully saturated rings. The van der Waals surface area contributed by atoms with Crippen LogP contribution in [0.25, 0.3) is 0 Å². The van der Waals surface area contributed by atoms with Crippen LogP contribution in [-0.2, 0) is 6.54 Å². The Morgan fingerprint density at radius 1 is 0.958 bits per heavy atom. The molecule has 0 bridgehead atoms. The quantitative estimate of drug-likeness (QED) is 0.758. The summed E-state index contributed by atoms with van der Waals surface area (Å²) in [6.45, 7) is 9.23. The van der Waals surface area contributed by atoms with Gasteiger partial charge in [-0.3, -0.25) is 4.90 Å². The third-order valence-electron chi connectivity index (χ3n) is 3.80. The Hall–Kier alpha value is -1.84. The standard InChI is InChI=1S/C21H29NO2/c1-17(2)13-22(14-19-11-9-18(3)10-12-19)15-20(23)16-24-21-7-5-4-6-8-21/h4-12,17,20,23H,13-16H2,1-3H3/t20-/m1/s1. The van der Waals surface area contributed by atoms with E-state index in [1.165, 1.54) is 11.1 Å². The second-order valence-corrected chi connectivity index (χ2v) is 6.85. The number of benzene rings is 2. The Morgan fingerprint density at radius 2 is 1.62 bits per heavy atom. The van der Waals surface area contributed by atoms with E-state index in [0.717, 1.165) is 18.8 Å². The first-order valence-corrected chi connectivity index (χ1v) is 8.66. The number of nitrogens with zero attached hydrogens (tertiary/aromatic N) is 1. The van der Waals surface area contributed by atoms with Gasteiger partial charge in [0.15, 0.2) is 0 Å². The molecule has 24 heavy (non-hydrogen) atoms. The number of rotatable bonds is 9. The van der Waals surface area contributed by atoms with Crippen LogP contribution in [0.15, 0.2) is 54.6 Å². The van der Waals surface area contributed by atoms with E-state index in [-0.39, 0.29) is 0 Å². The van der Waals surface area contributed by atoms with Crippen molar-refractivity contribution in [2.45, 2.75) is 33.4 Å². The smallest absolute Gasteiger partial charge is 0.119 e. The fourth-order valence-corrected chi connectivity index (χ4v) is 2.73.